The van der Waals surface area contributed by atoms with Crippen LogP contribution in [-0.2, 0) is 18.1 Å². The van der Waals surface area contributed by atoms with Crippen LogP contribution in [0.4, 0.5) is 24.5 Å². The highest BCUT2D eigenvalue weighted by atomic mass is 19.4. The molecule has 1 aliphatic heterocycles. The Morgan fingerprint density at radius 3 is 2.56 bits per heavy atom. The van der Waals surface area contributed by atoms with Gasteiger partial charge >= 0.3 is 6.18 Å². The number of carbonyl (C=O) groups excluding carboxylic acids is 1. The Bertz CT molecular complexity index is 818. The molecule has 0 aliphatic carbocycles. The summed E-state index contributed by atoms with van der Waals surface area (Å²) in [5.74, 6) is -0.662. The highest BCUT2D eigenvalue weighted by Gasteiger charge is 2.39. The molecule has 0 spiro atoms. The van der Waals surface area contributed by atoms with Crippen molar-refractivity contribution in [2.45, 2.75) is 51.7 Å². The van der Waals surface area contributed by atoms with Gasteiger partial charge in [-0.3, -0.25) is 9.48 Å². The summed E-state index contributed by atoms with van der Waals surface area (Å²) < 4.78 is 40.8. The normalized spacial score (nSPS) is 14.9. The molecular formula is C19H23F3N4O. The van der Waals surface area contributed by atoms with Crippen LogP contribution in [0.2, 0.25) is 0 Å². The monoisotopic (exact) mass is 380 g/mol. The number of hydrogen-bond donors (Lipinski definition) is 2. The lowest BCUT2D eigenvalue weighted by atomic mass is 10.1. The second kappa shape index (κ2) is 6.90. The van der Waals surface area contributed by atoms with E-state index >= 15 is 0 Å². The number of fused-ring (bicyclic) bond motifs is 1. The largest absolute Gasteiger partial charge is 0.433 e. The zero-order valence-electron chi connectivity index (χ0n) is 15.6. The number of anilines is 2. The Kier molecular flexibility index (Phi) is 4.92. The Morgan fingerprint density at radius 1 is 1.19 bits per heavy atom. The summed E-state index contributed by atoms with van der Waals surface area (Å²) >= 11 is 0. The van der Waals surface area contributed by atoms with E-state index in [0.29, 0.717) is 5.69 Å². The van der Waals surface area contributed by atoms with E-state index in [0.717, 1.165) is 47.8 Å². The summed E-state index contributed by atoms with van der Waals surface area (Å²) in [6.45, 7) is 5.73. The predicted molar refractivity (Wildman–Crippen MR) is 98.0 cm³/mol. The van der Waals surface area contributed by atoms with Gasteiger partial charge < -0.3 is 10.6 Å². The molecule has 27 heavy (non-hydrogen) atoms. The smallest absolute Gasteiger partial charge is 0.385 e. The minimum absolute atomic E-state index is 0.259. The number of nitrogens with one attached hydrogen (secondary N) is 2. The van der Waals surface area contributed by atoms with Gasteiger partial charge in [0.2, 0.25) is 0 Å². The lowest BCUT2D eigenvalue weighted by Gasteiger charge is -2.23. The van der Waals surface area contributed by atoms with Crippen LogP contribution in [-0.4, -0.2) is 22.2 Å². The minimum Gasteiger partial charge on any atom is -0.385 e. The molecule has 8 heteroatoms. The Morgan fingerprint density at radius 2 is 1.93 bits per heavy atom. The molecular weight excluding hydrogens is 357 g/mol. The first-order chi connectivity index (χ1) is 12.6. The Balaban J connectivity index is 1.87. The Labute approximate surface area is 155 Å². The molecule has 146 valence electrons. The van der Waals surface area contributed by atoms with Gasteiger partial charge in [-0.15, -0.1) is 0 Å². The van der Waals surface area contributed by atoms with E-state index in [1.54, 1.807) is 26.8 Å². The van der Waals surface area contributed by atoms with Gasteiger partial charge in [-0.25, -0.2) is 0 Å². The van der Waals surface area contributed by atoms with Gasteiger partial charge in [0, 0.05) is 24.0 Å². The SMILES string of the molecule is CC(C)(C)n1nc(C(=O)Nc2ccc3c(c2)CCCCN3)cc1C(F)(F)F. The number of hydrogen-bond acceptors (Lipinski definition) is 3. The number of benzene rings is 1. The molecule has 1 aromatic carbocycles. The molecule has 2 heterocycles. The zero-order valence-corrected chi connectivity index (χ0v) is 15.6. The predicted octanol–water partition coefficient (Wildman–Crippen LogP) is 4.66. The fourth-order valence-corrected chi connectivity index (χ4v) is 3.11. The first kappa shape index (κ1) is 19.3. The number of amides is 1. The first-order valence-electron chi connectivity index (χ1n) is 8.91. The van der Waals surface area contributed by atoms with E-state index < -0.39 is 23.3 Å². The van der Waals surface area contributed by atoms with E-state index in [2.05, 4.69) is 15.7 Å². The lowest BCUT2D eigenvalue weighted by molar-refractivity contribution is -0.146. The van der Waals surface area contributed by atoms with Gasteiger partial charge in [0.15, 0.2) is 5.69 Å². The second-order valence-electron chi connectivity index (χ2n) is 7.71. The standard InChI is InChI=1S/C19H23F3N4O/c1-18(2,3)26-16(19(20,21)22)11-15(25-26)17(27)24-13-7-8-14-12(10-13)6-4-5-9-23-14/h7-8,10-11,23H,4-6,9H2,1-3H3,(H,24,27). The number of halogens is 3. The van der Waals surface area contributed by atoms with Crippen molar-refractivity contribution in [1.29, 1.82) is 0 Å². The molecule has 0 unspecified atom stereocenters. The third kappa shape index (κ3) is 4.26. The molecule has 0 radical (unpaired) electrons. The average molecular weight is 380 g/mol. The molecule has 2 N–H and O–H groups in total. The van der Waals surface area contributed by atoms with Crippen molar-refractivity contribution in [3.63, 3.8) is 0 Å². The summed E-state index contributed by atoms with van der Waals surface area (Å²) in [5, 5.41) is 9.91. The van der Waals surface area contributed by atoms with Crippen molar-refractivity contribution in [2.75, 3.05) is 17.2 Å². The maximum Gasteiger partial charge on any atom is 0.433 e. The van der Waals surface area contributed by atoms with Crippen molar-refractivity contribution in [3.05, 3.63) is 41.2 Å². The number of aromatic nitrogens is 2. The molecule has 0 saturated heterocycles. The molecule has 0 saturated carbocycles. The molecule has 1 amide bonds. The molecule has 5 nitrogen and oxygen atoms in total. The maximum absolute atomic E-state index is 13.3. The quantitative estimate of drug-likeness (QED) is 0.797. The molecule has 0 atom stereocenters. The number of carbonyl (C=O) groups is 1. The second-order valence-corrected chi connectivity index (χ2v) is 7.71. The summed E-state index contributed by atoms with van der Waals surface area (Å²) in [7, 11) is 0. The number of nitrogens with zero attached hydrogens (tertiary/aromatic N) is 2. The highest BCUT2D eigenvalue weighted by molar-refractivity contribution is 6.03. The summed E-state index contributed by atoms with van der Waals surface area (Å²) in [4.78, 5) is 12.5. The number of aryl methyl sites for hydroxylation is 1. The van der Waals surface area contributed by atoms with Crippen LogP contribution in [0.3, 0.4) is 0 Å². The van der Waals surface area contributed by atoms with E-state index in [1.807, 2.05) is 12.1 Å². The van der Waals surface area contributed by atoms with Crippen molar-refractivity contribution in [3.8, 4) is 0 Å². The average Bonchev–Trinajstić information content (AvgIpc) is 2.91. The summed E-state index contributed by atoms with van der Waals surface area (Å²) in [6.07, 6.45) is -1.58. The van der Waals surface area contributed by atoms with Gasteiger partial charge in [-0.2, -0.15) is 18.3 Å². The highest BCUT2D eigenvalue weighted by Crippen LogP contribution is 2.33. The molecule has 0 fully saturated rings. The number of alkyl halides is 3. The maximum atomic E-state index is 13.3. The summed E-state index contributed by atoms with van der Waals surface area (Å²) in [6, 6.07) is 6.27. The van der Waals surface area contributed by atoms with E-state index in [1.165, 1.54) is 0 Å². The van der Waals surface area contributed by atoms with Crippen molar-refractivity contribution < 1.29 is 18.0 Å². The van der Waals surface area contributed by atoms with Crippen molar-refractivity contribution in [1.82, 2.24) is 9.78 Å². The van der Waals surface area contributed by atoms with Crippen molar-refractivity contribution >= 4 is 17.3 Å². The molecule has 1 aliphatic rings. The summed E-state index contributed by atoms with van der Waals surface area (Å²) in [5.41, 5.74) is 0.556. The van der Waals surface area contributed by atoms with Crippen LogP contribution in [0.5, 0.6) is 0 Å². The third-order valence-corrected chi connectivity index (χ3v) is 4.42. The van der Waals surface area contributed by atoms with Gasteiger partial charge in [-0.05, 0) is 63.8 Å². The minimum atomic E-state index is -4.59. The topological polar surface area (TPSA) is 59.0 Å². The molecule has 1 aromatic heterocycles. The van der Waals surface area contributed by atoms with Gasteiger partial charge in [0.05, 0.1) is 5.54 Å². The fourth-order valence-electron chi connectivity index (χ4n) is 3.11. The molecule has 2 aromatic rings. The van der Waals surface area contributed by atoms with E-state index in [9.17, 15) is 18.0 Å². The lowest BCUT2D eigenvalue weighted by Crippen LogP contribution is -2.29. The Hall–Kier alpha value is -2.51. The van der Waals surface area contributed by atoms with Crippen LogP contribution in [0, 0.1) is 0 Å². The molecule has 3 rings (SSSR count). The van der Waals surface area contributed by atoms with Gasteiger partial charge in [-0.1, -0.05) is 0 Å². The van der Waals surface area contributed by atoms with Gasteiger partial charge in [0.25, 0.3) is 5.91 Å². The zero-order chi connectivity index (χ0) is 19.8. The van der Waals surface area contributed by atoms with Gasteiger partial charge in [0.1, 0.15) is 5.69 Å². The van der Waals surface area contributed by atoms with E-state index in [4.69, 9.17) is 0 Å². The fraction of sp³-hybridized carbons (Fsp3) is 0.474. The van der Waals surface area contributed by atoms with E-state index in [-0.39, 0.29) is 5.69 Å². The number of rotatable bonds is 2. The molecule has 0 bridgehead atoms. The van der Waals surface area contributed by atoms with Crippen molar-refractivity contribution in [2.24, 2.45) is 0 Å². The van der Waals surface area contributed by atoms with Crippen LogP contribution in [0.1, 0.15) is 55.4 Å². The third-order valence-electron chi connectivity index (χ3n) is 4.42. The first-order valence-corrected chi connectivity index (χ1v) is 8.91. The van der Waals surface area contributed by atoms with Crippen LogP contribution < -0.4 is 10.6 Å². The van der Waals surface area contributed by atoms with Crippen LogP contribution in [0.15, 0.2) is 24.3 Å². The van der Waals surface area contributed by atoms with Crippen LogP contribution in [0.25, 0.3) is 0 Å². The van der Waals surface area contributed by atoms with Crippen LogP contribution >= 0.6 is 0 Å².